The molecule has 0 bridgehead atoms. The topological polar surface area (TPSA) is 68.3 Å². The third-order valence-corrected chi connectivity index (χ3v) is 3.57. The second-order valence-electron chi connectivity index (χ2n) is 5.92. The third kappa shape index (κ3) is 3.64. The Morgan fingerprint density at radius 1 is 1.45 bits per heavy atom. The van der Waals surface area contributed by atoms with Crippen LogP contribution in [0.4, 0.5) is 0 Å². The summed E-state index contributed by atoms with van der Waals surface area (Å²) in [5.74, 6) is 1.65. The van der Waals surface area contributed by atoms with Gasteiger partial charge in [0.05, 0.1) is 24.1 Å². The number of rotatable bonds is 6. The Labute approximate surface area is 120 Å². The van der Waals surface area contributed by atoms with Gasteiger partial charge in [-0.1, -0.05) is 0 Å². The van der Waals surface area contributed by atoms with Crippen LogP contribution in [0.15, 0.2) is 18.2 Å². The molecule has 1 unspecified atom stereocenters. The average molecular weight is 274 g/mol. The summed E-state index contributed by atoms with van der Waals surface area (Å²) in [6, 6.07) is 8.11. The summed E-state index contributed by atoms with van der Waals surface area (Å²) in [7, 11) is 0. The number of benzene rings is 1. The van der Waals surface area contributed by atoms with Crippen LogP contribution < -0.4 is 15.2 Å². The van der Waals surface area contributed by atoms with E-state index in [1.165, 1.54) is 0 Å². The Hall–Kier alpha value is -1.73. The predicted molar refractivity (Wildman–Crippen MR) is 77.6 cm³/mol. The van der Waals surface area contributed by atoms with Gasteiger partial charge in [0.25, 0.3) is 0 Å². The van der Waals surface area contributed by atoms with Gasteiger partial charge in [-0.15, -0.1) is 0 Å². The first-order valence-corrected chi connectivity index (χ1v) is 7.08. The van der Waals surface area contributed by atoms with E-state index in [4.69, 9.17) is 20.5 Å². The third-order valence-electron chi connectivity index (χ3n) is 3.57. The van der Waals surface area contributed by atoms with Crippen LogP contribution in [0.25, 0.3) is 0 Å². The number of ether oxygens (including phenoxy) is 2. The van der Waals surface area contributed by atoms with Crippen molar-refractivity contribution in [2.45, 2.75) is 39.2 Å². The molecule has 0 saturated heterocycles. The maximum atomic E-state index is 8.93. The molecule has 1 aromatic rings. The summed E-state index contributed by atoms with van der Waals surface area (Å²) >= 11 is 0. The van der Waals surface area contributed by atoms with Gasteiger partial charge >= 0.3 is 0 Å². The van der Waals surface area contributed by atoms with Crippen LogP contribution in [0, 0.1) is 16.7 Å². The maximum Gasteiger partial charge on any atom is 0.127 e. The largest absolute Gasteiger partial charge is 0.493 e. The van der Waals surface area contributed by atoms with Gasteiger partial charge in [0, 0.05) is 11.6 Å². The molecule has 0 aromatic heterocycles. The second kappa shape index (κ2) is 6.15. The molecule has 0 aliphatic carbocycles. The van der Waals surface area contributed by atoms with E-state index in [0.29, 0.717) is 13.2 Å². The fourth-order valence-electron chi connectivity index (χ4n) is 2.22. The van der Waals surface area contributed by atoms with Crippen LogP contribution in [0.5, 0.6) is 11.5 Å². The number of hydrogen-bond acceptors (Lipinski definition) is 4. The Morgan fingerprint density at radius 2 is 2.25 bits per heavy atom. The molecule has 2 N–H and O–H groups in total. The van der Waals surface area contributed by atoms with Crippen LogP contribution in [-0.2, 0) is 0 Å². The van der Waals surface area contributed by atoms with E-state index in [1.54, 1.807) is 0 Å². The van der Waals surface area contributed by atoms with Crippen molar-refractivity contribution in [3.8, 4) is 17.6 Å². The van der Waals surface area contributed by atoms with Crippen molar-refractivity contribution in [3.63, 3.8) is 0 Å². The standard InChI is InChI=1S/C16H22N2O2/c1-16(2,11-17)7-3-4-8-19-12-5-6-13-14(18)10-20-15(13)9-12/h5-6,9,14H,3-4,7-8,10,18H2,1-2H3. The van der Waals surface area contributed by atoms with Gasteiger partial charge < -0.3 is 15.2 Å². The van der Waals surface area contributed by atoms with Crippen molar-refractivity contribution in [3.05, 3.63) is 23.8 Å². The van der Waals surface area contributed by atoms with Gasteiger partial charge in [0.2, 0.25) is 0 Å². The Balaban J connectivity index is 1.74. The number of hydrogen-bond donors (Lipinski definition) is 1. The van der Waals surface area contributed by atoms with Gasteiger partial charge in [-0.2, -0.15) is 5.26 Å². The number of nitrogens with two attached hydrogens (primary N) is 1. The number of nitriles is 1. The molecule has 0 amide bonds. The quantitative estimate of drug-likeness (QED) is 0.809. The summed E-state index contributed by atoms with van der Waals surface area (Å²) in [5.41, 5.74) is 6.71. The van der Waals surface area contributed by atoms with Gasteiger partial charge in [-0.05, 0) is 45.2 Å². The average Bonchev–Trinajstić information content (AvgIpc) is 2.79. The lowest BCUT2D eigenvalue weighted by Crippen LogP contribution is -2.10. The highest BCUT2D eigenvalue weighted by Gasteiger charge is 2.20. The first-order valence-electron chi connectivity index (χ1n) is 7.08. The highest BCUT2D eigenvalue weighted by atomic mass is 16.5. The fraction of sp³-hybridized carbons (Fsp3) is 0.562. The molecule has 0 spiro atoms. The van der Waals surface area contributed by atoms with Crippen LogP contribution in [0.1, 0.15) is 44.7 Å². The van der Waals surface area contributed by atoms with Gasteiger partial charge in [0.1, 0.15) is 18.1 Å². The van der Waals surface area contributed by atoms with E-state index in [0.717, 1.165) is 36.3 Å². The minimum absolute atomic E-state index is 0.0211. The Morgan fingerprint density at radius 3 is 3.00 bits per heavy atom. The lowest BCUT2D eigenvalue weighted by Gasteiger charge is -2.14. The van der Waals surface area contributed by atoms with Crippen LogP contribution in [0.3, 0.4) is 0 Å². The molecular formula is C16H22N2O2. The SMILES string of the molecule is CC(C)(C#N)CCCCOc1ccc2c(c1)OCC2N. The zero-order valence-electron chi connectivity index (χ0n) is 12.2. The monoisotopic (exact) mass is 274 g/mol. The van der Waals surface area contributed by atoms with Crippen molar-refractivity contribution >= 4 is 0 Å². The summed E-state index contributed by atoms with van der Waals surface area (Å²) in [5, 5.41) is 8.93. The van der Waals surface area contributed by atoms with E-state index in [-0.39, 0.29) is 11.5 Å². The van der Waals surface area contributed by atoms with E-state index in [2.05, 4.69) is 6.07 Å². The summed E-state index contributed by atoms with van der Waals surface area (Å²) in [6.07, 6.45) is 2.84. The fourth-order valence-corrected chi connectivity index (χ4v) is 2.22. The number of unbranched alkanes of at least 4 members (excludes halogenated alkanes) is 1. The van der Waals surface area contributed by atoms with Gasteiger partial charge in [-0.25, -0.2) is 0 Å². The van der Waals surface area contributed by atoms with E-state index in [9.17, 15) is 0 Å². The molecule has 4 heteroatoms. The molecule has 1 aliphatic rings. The number of nitrogens with zero attached hydrogens (tertiary/aromatic N) is 1. The first-order chi connectivity index (χ1) is 9.52. The van der Waals surface area contributed by atoms with E-state index >= 15 is 0 Å². The van der Waals surface area contributed by atoms with Gasteiger partial charge in [-0.3, -0.25) is 0 Å². The molecule has 1 aromatic carbocycles. The molecule has 20 heavy (non-hydrogen) atoms. The molecule has 1 aliphatic heterocycles. The van der Waals surface area contributed by atoms with Crippen LogP contribution in [0.2, 0.25) is 0 Å². The lowest BCUT2D eigenvalue weighted by atomic mass is 9.89. The minimum Gasteiger partial charge on any atom is -0.493 e. The highest BCUT2D eigenvalue weighted by Crippen LogP contribution is 2.34. The minimum atomic E-state index is -0.239. The summed E-state index contributed by atoms with van der Waals surface area (Å²) in [4.78, 5) is 0. The van der Waals surface area contributed by atoms with Crippen LogP contribution in [-0.4, -0.2) is 13.2 Å². The first kappa shape index (κ1) is 14.7. The van der Waals surface area contributed by atoms with Crippen molar-refractivity contribution in [1.29, 1.82) is 5.26 Å². The van der Waals surface area contributed by atoms with Crippen LogP contribution >= 0.6 is 0 Å². The van der Waals surface area contributed by atoms with Crippen molar-refractivity contribution in [1.82, 2.24) is 0 Å². The second-order valence-corrected chi connectivity index (χ2v) is 5.92. The van der Waals surface area contributed by atoms with Crippen molar-refractivity contribution in [2.75, 3.05) is 13.2 Å². The molecule has 0 radical (unpaired) electrons. The highest BCUT2D eigenvalue weighted by molar-refractivity contribution is 5.44. The molecule has 1 atom stereocenters. The molecule has 0 saturated carbocycles. The molecule has 0 fully saturated rings. The Kier molecular flexibility index (Phi) is 4.51. The zero-order valence-corrected chi connectivity index (χ0v) is 12.2. The Bertz CT molecular complexity index is 506. The predicted octanol–water partition coefficient (Wildman–Crippen LogP) is 3.18. The summed E-state index contributed by atoms with van der Waals surface area (Å²) in [6.45, 7) is 5.14. The zero-order chi connectivity index (χ0) is 14.6. The van der Waals surface area contributed by atoms with Crippen molar-refractivity contribution in [2.24, 2.45) is 11.1 Å². The smallest absolute Gasteiger partial charge is 0.127 e. The molecule has 1 heterocycles. The van der Waals surface area contributed by atoms with E-state index < -0.39 is 0 Å². The van der Waals surface area contributed by atoms with E-state index in [1.807, 2.05) is 32.0 Å². The molecule has 2 rings (SSSR count). The number of fused-ring (bicyclic) bond motifs is 1. The molecule has 4 nitrogen and oxygen atoms in total. The summed E-state index contributed by atoms with van der Waals surface area (Å²) < 4.78 is 11.2. The van der Waals surface area contributed by atoms with Gasteiger partial charge in [0.15, 0.2) is 0 Å². The normalized spacial score (nSPS) is 17.2. The molecular weight excluding hydrogens is 252 g/mol. The lowest BCUT2D eigenvalue weighted by molar-refractivity contribution is 0.291. The van der Waals surface area contributed by atoms with Crippen molar-refractivity contribution < 1.29 is 9.47 Å². The molecule has 108 valence electrons. The maximum absolute atomic E-state index is 8.93.